The molecule has 0 aromatic heterocycles. The first-order valence-electron chi connectivity index (χ1n) is 9.97. The second-order valence-corrected chi connectivity index (χ2v) is 7.52. The van der Waals surface area contributed by atoms with Crippen molar-refractivity contribution >= 4 is 17.6 Å². The second-order valence-electron chi connectivity index (χ2n) is 7.52. The van der Waals surface area contributed by atoms with Gasteiger partial charge in [0.1, 0.15) is 11.6 Å². The van der Waals surface area contributed by atoms with Crippen molar-refractivity contribution in [3.63, 3.8) is 0 Å². The molecule has 1 N–H and O–H groups in total. The molecular weight excluding hydrogens is 390 g/mol. The highest BCUT2D eigenvalue weighted by atomic mass is 19.1. The van der Waals surface area contributed by atoms with Gasteiger partial charge in [0.15, 0.2) is 5.78 Å². The van der Waals surface area contributed by atoms with E-state index in [1.807, 2.05) is 31.2 Å². The van der Waals surface area contributed by atoms with Crippen molar-refractivity contribution in [3.8, 4) is 0 Å². The van der Waals surface area contributed by atoms with E-state index in [0.29, 0.717) is 37.6 Å². The number of likely N-dealkylation sites (tertiary alicyclic amines) is 1. The molecule has 0 bridgehead atoms. The van der Waals surface area contributed by atoms with Gasteiger partial charge in [-0.1, -0.05) is 29.8 Å². The summed E-state index contributed by atoms with van der Waals surface area (Å²) in [6, 6.07) is 10.2. The van der Waals surface area contributed by atoms with Gasteiger partial charge in [0.25, 0.3) is 5.91 Å². The Morgan fingerprint density at radius 3 is 2.33 bits per heavy atom. The highest BCUT2D eigenvalue weighted by Gasteiger charge is 2.27. The van der Waals surface area contributed by atoms with Crippen molar-refractivity contribution in [1.29, 1.82) is 0 Å². The number of benzene rings is 2. The first-order chi connectivity index (χ1) is 14.3. The van der Waals surface area contributed by atoms with Crippen LogP contribution in [0.15, 0.2) is 42.5 Å². The van der Waals surface area contributed by atoms with Crippen LogP contribution in [0.3, 0.4) is 0 Å². The van der Waals surface area contributed by atoms with Crippen LogP contribution in [0.25, 0.3) is 0 Å². The van der Waals surface area contributed by atoms with Gasteiger partial charge in [-0.2, -0.15) is 0 Å². The van der Waals surface area contributed by atoms with Gasteiger partial charge < -0.3 is 10.2 Å². The van der Waals surface area contributed by atoms with Crippen molar-refractivity contribution in [3.05, 3.63) is 70.8 Å². The zero-order valence-corrected chi connectivity index (χ0v) is 16.8. The normalized spacial score (nSPS) is 14.4. The number of aryl methyl sites for hydroxylation is 1. The van der Waals surface area contributed by atoms with Crippen LogP contribution < -0.4 is 5.32 Å². The molecule has 7 heteroatoms. The Balaban J connectivity index is 1.43. The van der Waals surface area contributed by atoms with Crippen molar-refractivity contribution in [2.24, 2.45) is 5.92 Å². The van der Waals surface area contributed by atoms with Crippen LogP contribution in [0.5, 0.6) is 0 Å². The van der Waals surface area contributed by atoms with Gasteiger partial charge in [-0.05, 0) is 31.9 Å². The Bertz CT molecular complexity index is 936. The van der Waals surface area contributed by atoms with E-state index in [1.165, 1.54) is 0 Å². The fraction of sp³-hybridized carbons (Fsp3) is 0.348. The van der Waals surface area contributed by atoms with Crippen molar-refractivity contribution in [2.45, 2.75) is 26.2 Å². The summed E-state index contributed by atoms with van der Waals surface area (Å²) in [5.41, 5.74) is 1.53. The standard InChI is InChI=1S/C23H24F2N2O3/c1-15-2-4-16(5-3-15)22(29)17-9-12-27(13-10-17)21(28)8-11-26-23(30)19-7-6-18(24)14-20(19)25/h2-7,14,17H,8-13H2,1H3,(H,26,30). The van der Waals surface area contributed by atoms with Crippen LogP contribution in [0.2, 0.25) is 0 Å². The van der Waals surface area contributed by atoms with E-state index in [0.717, 1.165) is 17.7 Å². The largest absolute Gasteiger partial charge is 0.351 e. The van der Waals surface area contributed by atoms with Gasteiger partial charge in [0.2, 0.25) is 5.91 Å². The lowest BCUT2D eigenvalue weighted by molar-refractivity contribution is -0.132. The van der Waals surface area contributed by atoms with Crippen LogP contribution in [-0.2, 0) is 4.79 Å². The molecule has 2 aromatic carbocycles. The lowest BCUT2D eigenvalue weighted by atomic mass is 9.88. The second kappa shape index (κ2) is 9.61. The molecule has 2 aromatic rings. The number of carbonyl (C=O) groups is 3. The lowest BCUT2D eigenvalue weighted by Gasteiger charge is -2.31. The number of rotatable bonds is 6. The minimum atomic E-state index is -0.945. The van der Waals surface area contributed by atoms with Crippen LogP contribution in [0.4, 0.5) is 8.78 Å². The highest BCUT2D eigenvalue weighted by Crippen LogP contribution is 2.22. The molecule has 2 amide bonds. The van der Waals surface area contributed by atoms with Gasteiger partial charge in [-0.15, -0.1) is 0 Å². The molecule has 5 nitrogen and oxygen atoms in total. The SMILES string of the molecule is Cc1ccc(C(=O)C2CCN(C(=O)CCNC(=O)c3ccc(F)cc3F)CC2)cc1. The van der Waals surface area contributed by atoms with Gasteiger partial charge in [-0.3, -0.25) is 14.4 Å². The molecule has 1 fully saturated rings. The molecule has 0 atom stereocenters. The van der Waals surface area contributed by atoms with Crippen molar-refractivity contribution in [2.75, 3.05) is 19.6 Å². The summed E-state index contributed by atoms with van der Waals surface area (Å²) in [5, 5.41) is 2.48. The molecule has 0 unspecified atom stereocenters. The quantitative estimate of drug-likeness (QED) is 0.736. The van der Waals surface area contributed by atoms with E-state index >= 15 is 0 Å². The van der Waals surface area contributed by atoms with Gasteiger partial charge in [0.05, 0.1) is 5.56 Å². The number of nitrogens with zero attached hydrogens (tertiary/aromatic N) is 1. The smallest absolute Gasteiger partial charge is 0.254 e. The molecule has 1 aliphatic rings. The lowest BCUT2D eigenvalue weighted by Crippen LogP contribution is -2.41. The molecule has 0 spiro atoms. The third-order valence-electron chi connectivity index (χ3n) is 5.35. The average molecular weight is 414 g/mol. The molecule has 0 radical (unpaired) electrons. The predicted octanol–water partition coefficient (Wildman–Crippen LogP) is 3.51. The monoisotopic (exact) mass is 414 g/mol. The Labute approximate surface area is 174 Å². The molecule has 3 rings (SSSR count). The number of hydrogen-bond acceptors (Lipinski definition) is 3. The number of ketones is 1. The number of Topliss-reactive ketones (excluding diaryl/α,β-unsaturated/α-hetero) is 1. The van der Waals surface area contributed by atoms with Crippen molar-refractivity contribution in [1.82, 2.24) is 10.2 Å². The van der Waals surface area contributed by atoms with E-state index in [1.54, 1.807) is 4.90 Å². The third-order valence-corrected chi connectivity index (χ3v) is 5.35. The Kier molecular flexibility index (Phi) is 6.92. The number of halogens is 2. The first-order valence-corrected chi connectivity index (χ1v) is 9.97. The highest BCUT2D eigenvalue weighted by molar-refractivity contribution is 5.98. The number of amides is 2. The zero-order valence-electron chi connectivity index (χ0n) is 16.8. The number of carbonyl (C=O) groups excluding carboxylic acids is 3. The predicted molar refractivity (Wildman–Crippen MR) is 108 cm³/mol. The van der Waals surface area contributed by atoms with Gasteiger partial charge >= 0.3 is 0 Å². The first kappa shape index (κ1) is 21.6. The summed E-state index contributed by atoms with van der Waals surface area (Å²) in [6.45, 7) is 3.00. The zero-order chi connectivity index (χ0) is 21.7. The summed E-state index contributed by atoms with van der Waals surface area (Å²) in [4.78, 5) is 38.6. The fourth-order valence-corrected chi connectivity index (χ4v) is 3.55. The molecular formula is C23H24F2N2O3. The van der Waals surface area contributed by atoms with E-state index in [2.05, 4.69) is 5.32 Å². The van der Waals surface area contributed by atoms with E-state index in [-0.39, 0.29) is 36.1 Å². The van der Waals surface area contributed by atoms with Crippen LogP contribution in [0, 0.1) is 24.5 Å². The summed E-state index contributed by atoms with van der Waals surface area (Å²) >= 11 is 0. The number of hydrogen-bond donors (Lipinski definition) is 1. The topological polar surface area (TPSA) is 66.5 Å². The van der Waals surface area contributed by atoms with E-state index < -0.39 is 17.5 Å². The maximum atomic E-state index is 13.6. The maximum Gasteiger partial charge on any atom is 0.254 e. The Morgan fingerprint density at radius 1 is 1.03 bits per heavy atom. The summed E-state index contributed by atoms with van der Waals surface area (Å²) in [7, 11) is 0. The van der Waals surface area contributed by atoms with Crippen molar-refractivity contribution < 1.29 is 23.2 Å². The molecule has 0 saturated carbocycles. The summed E-state index contributed by atoms with van der Waals surface area (Å²) < 4.78 is 26.5. The Morgan fingerprint density at radius 2 is 1.70 bits per heavy atom. The molecule has 158 valence electrons. The fourth-order valence-electron chi connectivity index (χ4n) is 3.55. The maximum absolute atomic E-state index is 13.6. The molecule has 1 aliphatic heterocycles. The van der Waals surface area contributed by atoms with Crippen LogP contribution in [-0.4, -0.2) is 42.1 Å². The van der Waals surface area contributed by atoms with E-state index in [9.17, 15) is 23.2 Å². The minimum absolute atomic E-state index is 0.0523. The van der Waals surface area contributed by atoms with E-state index in [4.69, 9.17) is 0 Å². The number of nitrogens with one attached hydrogen (secondary N) is 1. The average Bonchev–Trinajstić information content (AvgIpc) is 2.73. The molecule has 0 aliphatic carbocycles. The van der Waals surface area contributed by atoms with Gasteiger partial charge in [-0.25, -0.2) is 8.78 Å². The number of piperidine rings is 1. The molecule has 1 heterocycles. The summed E-state index contributed by atoms with van der Waals surface area (Å²) in [6.07, 6.45) is 1.28. The molecule has 30 heavy (non-hydrogen) atoms. The van der Waals surface area contributed by atoms with Gasteiger partial charge in [0, 0.05) is 43.6 Å². The van der Waals surface area contributed by atoms with Crippen LogP contribution >= 0.6 is 0 Å². The van der Waals surface area contributed by atoms with Crippen LogP contribution in [0.1, 0.15) is 45.5 Å². The molecule has 1 saturated heterocycles. The third kappa shape index (κ3) is 5.28. The minimum Gasteiger partial charge on any atom is -0.351 e. The Hall–Kier alpha value is -3.09. The summed E-state index contributed by atoms with van der Waals surface area (Å²) in [5.74, 6) is -2.52.